The number of aliphatic hydroxyl groups excluding tert-OH is 1. The van der Waals surface area contributed by atoms with Gasteiger partial charge in [-0.3, -0.25) is 0 Å². The van der Waals surface area contributed by atoms with Gasteiger partial charge < -0.3 is 28.6 Å². The molecule has 3 saturated heterocycles. The van der Waals surface area contributed by atoms with Crippen molar-refractivity contribution < 1.29 is 23.7 Å². The van der Waals surface area contributed by atoms with Gasteiger partial charge in [-0.25, -0.2) is 4.79 Å². The second-order valence-corrected chi connectivity index (χ2v) is 7.61. The summed E-state index contributed by atoms with van der Waals surface area (Å²) in [5.74, 6) is 0. The highest BCUT2D eigenvalue weighted by Gasteiger charge is 2.62. The van der Waals surface area contributed by atoms with Crippen molar-refractivity contribution in [2.24, 2.45) is 0 Å². The van der Waals surface area contributed by atoms with Crippen molar-refractivity contribution >= 4 is 16.7 Å². The highest BCUT2D eigenvalue weighted by molar-refractivity contribution is 5.81. The van der Waals surface area contributed by atoms with E-state index in [4.69, 9.17) is 18.6 Å². The molecule has 3 aliphatic rings. The number of nitrogens with zero attached hydrogens (tertiary/aromatic N) is 1. The van der Waals surface area contributed by atoms with E-state index in [-0.39, 0.29) is 18.4 Å². The number of ether oxygens (including phenoxy) is 3. The molecule has 148 valence electrons. The van der Waals surface area contributed by atoms with Crippen LogP contribution in [-0.2, 0) is 14.2 Å². The fraction of sp³-hybridized carbons (Fsp3) is 0.318. The third-order valence-corrected chi connectivity index (χ3v) is 5.83. The van der Waals surface area contributed by atoms with Crippen LogP contribution in [0.3, 0.4) is 0 Å². The van der Waals surface area contributed by atoms with Crippen LogP contribution in [0.4, 0.5) is 5.69 Å². The monoisotopic (exact) mass is 393 g/mol. The Morgan fingerprint density at radius 1 is 1.00 bits per heavy atom. The van der Waals surface area contributed by atoms with Crippen LogP contribution in [-0.4, -0.2) is 42.3 Å². The molecule has 29 heavy (non-hydrogen) atoms. The van der Waals surface area contributed by atoms with Gasteiger partial charge >= 0.3 is 5.63 Å². The molecule has 7 nitrogen and oxygen atoms in total. The first-order valence-corrected chi connectivity index (χ1v) is 9.67. The molecule has 0 radical (unpaired) electrons. The van der Waals surface area contributed by atoms with Crippen molar-refractivity contribution in [2.45, 2.75) is 36.9 Å². The topological polar surface area (TPSA) is 81.1 Å². The third kappa shape index (κ3) is 2.78. The van der Waals surface area contributed by atoms with E-state index in [0.717, 1.165) is 16.6 Å². The molecule has 1 aromatic heterocycles. The molecule has 3 fully saturated rings. The van der Waals surface area contributed by atoms with Gasteiger partial charge in [0, 0.05) is 28.8 Å². The number of anilines is 1. The predicted molar refractivity (Wildman–Crippen MR) is 103 cm³/mol. The molecule has 2 aromatic carbocycles. The predicted octanol–water partition coefficient (Wildman–Crippen LogP) is 2.18. The van der Waals surface area contributed by atoms with Crippen LogP contribution in [0.15, 0.2) is 69.9 Å². The van der Waals surface area contributed by atoms with E-state index < -0.39 is 24.1 Å². The van der Waals surface area contributed by atoms with Crippen LogP contribution in [0.1, 0.15) is 11.9 Å². The van der Waals surface area contributed by atoms with Crippen molar-refractivity contribution in [1.82, 2.24) is 0 Å². The summed E-state index contributed by atoms with van der Waals surface area (Å²) in [6.07, 6.45) is -2.30. The van der Waals surface area contributed by atoms with Crippen LogP contribution in [0, 0.1) is 0 Å². The molecule has 7 heteroatoms. The summed E-state index contributed by atoms with van der Waals surface area (Å²) in [6, 6.07) is 18.2. The lowest BCUT2D eigenvalue weighted by Crippen LogP contribution is -2.54. The highest BCUT2D eigenvalue weighted by Crippen LogP contribution is 2.46. The van der Waals surface area contributed by atoms with E-state index in [1.54, 1.807) is 12.1 Å². The average molecular weight is 393 g/mol. The van der Waals surface area contributed by atoms with E-state index in [1.807, 2.05) is 47.4 Å². The summed E-state index contributed by atoms with van der Waals surface area (Å²) in [4.78, 5) is 13.5. The molecule has 6 rings (SSSR count). The lowest BCUT2D eigenvalue weighted by Gasteiger charge is -2.40. The van der Waals surface area contributed by atoms with Crippen LogP contribution >= 0.6 is 0 Å². The van der Waals surface area contributed by atoms with Gasteiger partial charge in [0.1, 0.15) is 29.9 Å². The van der Waals surface area contributed by atoms with Gasteiger partial charge in [-0.2, -0.15) is 0 Å². The van der Waals surface area contributed by atoms with E-state index in [9.17, 15) is 9.90 Å². The second kappa shape index (κ2) is 6.40. The molecule has 4 unspecified atom stereocenters. The zero-order chi connectivity index (χ0) is 19.5. The number of hydrogen-bond acceptors (Lipinski definition) is 7. The summed E-state index contributed by atoms with van der Waals surface area (Å²) in [7, 11) is 0. The minimum absolute atomic E-state index is 0.210. The molecular formula is C22H19NO6. The summed E-state index contributed by atoms with van der Waals surface area (Å²) >= 11 is 0. The first-order valence-electron chi connectivity index (χ1n) is 9.67. The van der Waals surface area contributed by atoms with Crippen molar-refractivity contribution in [3.05, 3.63) is 76.6 Å². The maximum absolute atomic E-state index is 11.5. The Bertz CT molecular complexity index is 1110. The molecule has 0 amide bonds. The zero-order valence-corrected chi connectivity index (χ0v) is 15.4. The second-order valence-electron chi connectivity index (χ2n) is 7.61. The fourth-order valence-electron chi connectivity index (χ4n) is 4.36. The number of benzene rings is 2. The lowest BCUT2D eigenvalue weighted by atomic mass is 10.0. The third-order valence-electron chi connectivity index (χ3n) is 5.83. The Hall–Kier alpha value is -2.71. The first kappa shape index (κ1) is 17.2. The summed E-state index contributed by atoms with van der Waals surface area (Å²) < 4.78 is 23.3. The molecule has 0 bridgehead atoms. The van der Waals surface area contributed by atoms with E-state index >= 15 is 0 Å². The molecule has 1 N–H and O–H groups in total. The molecule has 3 aromatic rings. The van der Waals surface area contributed by atoms with Gasteiger partial charge in [0.25, 0.3) is 0 Å². The van der Waals surface area contributed by atoms with Gasteiger partial charge in [-0.05, 0) is 18.2 Å². The normalized spacial score (nSPS) is 33.2. The Balaban J connectivity index is 1.25. The number of aliphatic hydroxyl groups is 1. The Kier molecular flexibility index (Phi) is 3.79. The van der Waals surface area contributed by atoms with Gasteiger partial charge in [0.2, 0.25) is 0 Å². The molecule has 4 heterocycles. The maximum atomic E-state index is 11.5. The molecule has 0 saturated carbocycles. The maximum Gasteiger partial charge on any atom is 0.336 e. The van der Waals surface area contributed by atoms with Gasteiger partial charge in [-0.15, -0.1) is 0 Å². The average Bonchev–Trinajstić information content (AvgIpc) is 3.48. The Labute approximate surface area is 166 Å². The van der Waals surface area contributed by atoms with Crippen molar-refractivity contribution in [3.63, 3.8) is 0 Å². The number of rotatable bonds is 2. The zero-order valence-electron chi connectivity index (χ0n) is 15.4. The molecule has 6 atom stereocenters. The van der Waals surface area contributed by atoms with Crippen LogP contribution < -0.4 is 10.5 Å². The highest BCUT2D eigenvalue weighted by atomic mass is 16.7. The molecule has 0 aliphatic carbocycles. The van der Waals surface area contributed by atoms with Crippen LogP contribution in [0.5, 0.6) is 0 Å². The molecular weight excluding hydrogens is 374 g/mol. The standard InChI is InChI=1S/C22H19NO6/c24-17-9-7-12-6-8-14(10-15(12)27-17)23-18-19(25)20-16(28-21(18)23)11-26-22(29-20)13-4-2-1-3-5-13/h1-10,16,18-22,25H,11H2/t16?,18?,19?,20-,21+,22?,23?/m1/s1. The summed E-state index contributed by atoms with van der Waals surface area (Å²) in [6.45, 7) is 0.352. The van der Waals surface area contributed by atoms with Crippen LogP contribution in [0.2, 0.25) is 0 Å². The quantitative estimate of drug-likeness (QED) is 0.528. The molecule has 3 aliphatic heterocycles. The number of fused-ring (bicyclic) bond motifs is 3. The SMILES string of the molecule is O=c1ccc2ccc(N3C4C(O)[C@@H]5OC(c6ccccc6)OCC5O[C@@H]43)cc2o1. The van der Waals surface area contributed by atoms with E-state index in [1.165, 1.54) is 6.07 Å². The lowest BCUT2D eigenvalue weighted by molar-refractivity contribution is -0.296. The first-order chi connectivity index (χ1) is 14.2. The largest absolute Gasteiger partial charge is 0.423 e. The van der Waals surface area contributed by atoms with Crippen molar-refractivity contribution in [3.8, 4) is 0 Å². The Morgan fingerprint density at radius 3 is 2.69 bits per heavy atom. The summed E-state index contributed by atoms with van der Waals surface area (Å²) in [5, 5.41) is 11.8. The molecule has 0 spiro atoms. The van der Waals surface area contributed by atoms with Crippen molar-refractivity contribution in [1.29, 1.82) is 0 Å². The smallest absolute Gasteiger partial charge is 0.336 e. The summed E-state index contributed by atoms with van der Waals surface area (Å²) in [5.41, 5.74) is 1.87. The minimum Gasteiger partial charge on any atom is -0.423 e. The van der Waals surface area contributed by atoms with Gasteiger partial charge in [-0.1, -0.05) is 30.3 Å². The fourth-order valence-corrected chi connectivity index (χ4v) is 4.36. The van der Waals surface area contributed by atoms with Crippen molar-refractivity contribution in [2.75, 3.05) is 11.5 Å². The van der Waals surface area contributed by atoms with Gasteiger partial charge in [0.05, 0.1) is 6.61 Å². The van der Waals surface area contributed by atoms with Crippen LogP contribution in [0.25, 0.3) is 11.0 Å². The van der Waals surface area contributed by atoms with E-state index in [2.05, 4.69) is 0 Å². The number of hydrogen-bond donors (Lipinski definition) is 1. The van der Waals surface area contributed by atoms with E-state index in [0.29, 0.717) is 12.2 Å². The minimum atomic E-state index is -0.715. The van der Waals surface area contributed by atoms with Gasteiger partial charge in [0.15, 0.2) is 12.5 Å². The Morgan fingerprint density at radius 2 is 1.83 bits per heavy atom.